The fourth-order valence-electron chi connectivity index (χ4n) is 0.798. The number of nitrogens with zero attached hydrogens (tertiary/aromatic N) is 2. The predicted octanol–water partition coefficient (Wildman–Crippen LogP) is 1.76. The lowest BCUT2D eigenvalue weighted by Gasteiger charge is -2.05. The Bertz CT molecular complexity index is 360. The van der Waals surface area contributed by atoms with Crippen LogP contribution in [0.3, 0.4) is 0 Å². The normalized spacial score (nSPS) is 10.1. The van der Waals surface area contributed by atoms with E-state index in [1.807, 2.05) is 0 Å². The van der Waals surface area contributed by atoms with Gasteiger partial charge in [0.1, 0.15) is 18.0 Å². The third-order valence-corrected chi connectivity index (χ3v) is 2.18. The molecule has 0 fully saturated rings. The molecule has 0 saturated carbocycles. The summed E-state index contributed by atoms with van der Waals surface area (Å²) in [5, 5.41) is 2.66. The average molecular weight is 250 g/mol. The van der Waals surface area contributed by atoms with E-state index >= 15 is 0 Å². The number of carbonyl (C=O) groups excluding carboxylic acids is 1. The van der Waals surface area contributed by atoms with E-state index in [0.717, 1.165) is 0 Å². The summed E-state index contributed by atoms with van der Waals surface area (Å²) in [6.07, 6.45) is 1.21. The van der Waals surface area contributed by atoms with Gasteiger partial charge in [0.15, 0.2) is 11.0 Å². The van der Waals surface area contributed by atoms with Crippen LogP contribution in [0.2, 0.25) is 10.2 Å². The monoisotopic (exact) mass is 249 g/mol. The summed E-state index contributed by atoms with van der Waals surface area (Å²) in [7, 11) is 0. The molecule has 5 nitrogen and oxygen atoms in total. The lowest BCUT2D eigenvalue weighted by molar-refractivity contribution is -0.120. The number of nitrogens with one attached hydrogen (secondary N) is 1. The zero-order valence-electron chi connectivity index (χ0n) is 7.96. The topological polar surface area (TPSA) is 64.1 Å². The fraction of sp³-hybridized carbons (Fsp3) is 0.375. The number of hydrogen-bond acceptors (Lipinski definition) is 4. The molecule has 7 heteroatoms. The van der Waals surface area contributed by atoms with Crippen molar-refractivity contribution in [3.63, 3.8) is 0 Å². The molecular weight excluding hydrogens is 241 g/mol. The Labute approximate surface area is 96.8 Å². The third kappa shape index (κ3) is 3.62. The Morgan fingerprint density at radius 1 is 1.53 bits per heavy atom. The summed E-state index contributed by atoms with van der Waals surface area (Å²) >= 11 is 11.4. The third-order valence-electron chi connectivity index (χ3n) is 1.44. The van der Waals surface area contributed by atoms with Crippen LogP contribution in [0.1, 0.15) is 6.92 Å². The van der Waals surface area contributed by atoms with Gasteiger partial charge in [-0.25, -0.2) is 9.97 Å². The van der Waals surface area contributed by atoms with Crippen molar-refractivity contribution in [2.24, 2.45) is 0 Å². The first-order valence-corrected chi connectivity index (χ1v) is 4.94. The largest absolute Gasteiger partial charge is 0.372 e. The van der Waals surface area contributed by atoms with Crippen molar-refractivity contribution in [1.29, 1.82) is 0 Å². The van der Waals surface area contributed by atoms with Gasteiger partial charge in [0.2, 0.25) is 0 Å². The zero-order chi connectivity index (χ0) is 11.3. The van der Waals surface area contributed by atoms with Crippen LogP contribution in [0.15, 0.2) is 6.33 Å². The molecular formula is C8H9Cl2N3O2. The van der Waals surface area contributed by atoms with Crippen molar-refractivity contribution >= 4 is 34.9 Å². The van der Waals surface area contributed by atoms with Crippen molar-refractivity contribution in [3.8, 4) is 0 Å². The van der Waals surface area contributed by atoms with Gasteiger partial charge < -0.3 is 10.1 Å². The molecule has 0 aliphatic heterocycles. The minimum Gasteiger partial charge on any atom is -0.372 e. The van der Waals surface area contributed by atoms with Crippen molar-refractivity contribution < 1.29 is 9.53 Å². The van der Waals surface area contributed by atoms with Gasteiger partial charge in [0.05, 0.1) is 0 Å². The molecule has 0 atom stereocenters. The number of anilines is 1. The molecule has 0 radical (unpaired) electrons. The maximum atomic E-state index is 11.2. The first-order chi connectivity index (χ1) is 7.15. The van der Waals surface area contributed by atoms with Crippen LogP contribution in [0.25, 0.3) is 0 Å². The summed E-state index contributed by atoms with van der Waals surface area (Å²) in [5.41, 5.74) is 0. The average Bonchev–Trinajstić information content (AvgIpc) is 2.22. The number of ether oxygens (including phenoxy) is 1. The van der Waals surface area contributed by atoms with Gasteiger partial charge >= 0.3 is 0 Å². The molecule has 0 aliphatic rings. The van der Waals surface area contributed by atoms with Crippen molar-refractivity contribution in [1.82, 2.24) is 9.97 Å². The number of amides is 1. The van der Waals surface area contributed by atoms with Gasteiger partial charge in [-0.15, -0.1) is 0 Å². The highest BCUT2D eigenvalue weighted by Gasteiger charge is 2.10. The molecule has 1 aromatic heterocycles. The minimum atomic E-state index is -0.339. The second-order valence-electron chi connectivity index (χ2n) is 2.51. The molecule has 1 aromatic rings. The van der Waals surface area contributed by atoms with E-state index in [4.69, 9.17) is 27.9 Å². The number of halogens is 2. The van der Waals surface area contributed by atoms with Crippen molar-refractivity contribution in [2.75, 3.05) is 18.5 Å². The fourth-order valence-corrected chi connectivity index (χ4v) is 1.08. The summed E-state index contributed by atoms with van der Waals surface area (Å²) in [5.74, 6) is -0.158. The lowest BCUT2D eigenvalue weighted by atomic mass is 10.5. The molecule has 1 amide bonds. The van der Waals surface area contributed by atoms with E-state index in [1.54, 1.807) is 6.92 Å². The molecule has 0 aromatic carbocycles. The van der Waals surface area contributed by atoms with Crippen LogP contribution < -0.4 is 5.32 Å². The van der Waals surface area contributed by atoms with Gasteiger partial charge in [-0.2, -0.15) is 0 Å². The summed E-state index contributed by atoms with van der Waals surface area (Å²) in [6, 6.07) is 0. The van der Waals surface area contributed by atoms with Crippen LogP contribution in [0.4, 0.5) is 5.82 Å². The highest BCUT2D eigenvalue weighted by Crippen LogP contribution is 2.25. The first-order valence-electron chi connectivity index (χ1n) is 4.18. The number of hydrogen-bond donors (Lipinski definition) is 1. The molecule has 15 heavy (non-hydrogen) atoms. The van der Waals surface area contributed by atoms with Gasteiger partial charge in [-0.1, -0.05) is 23.2 Å². The lowest BCUT2D eigenvalue weighted by Crippen LogP contribution is -2.19. The molecule has 0 saturated heterocycles. The quantitative estimate of drug-likeness (QED) is 0.827. The van der Waals surface area contributed by atoms with Gasteiger partial charge in [0, 0.05) is 6.61 Å². The maximum Gasteiger partial charge on any atom is 0.251 e. The van der Waals surface area contributed by atoms with Crippen LogP contribution in [-0.4, -0.2) is 29.1 Å². The van der Waals surface area contributed by atoms with Crippen LogP contribution in [-0.2, 0) is 9.53 Å². The van der Waals surface area contributed by atoms with Crippen molar-refractivity contribution in [2.45, 2.75) is 6.92 Å². The van der Waals surface area contributed by atoms with Gasteiger partial charge in [-0.3, -0.25) is 4.79 Å². The molecule has 0 aliphatic carbocycles. The molecule has 1 heterocycles. The Morgan fingerprint density at radius 2 is 2.27 bits per heavy atom. The Hall–Kier alpha value is -0.910. The Morgan fingerprint density at radius 3 is 2.93 bits per heavy atom. The van der Waals surface area contributed by atoms with E-state index in [2.05, 4.69) is 15.3 Å². The first kappa shape index (κ1) is 12.2. The number of aromatic nitrogens is 2. The van der Waals surface area contributed by atoms with E-state index in [0.29, 0.717) is 6.61 Å². The SMILES string of the molecule is CCOCC(=O)Nc1ncnc(Cl)c1Cl. The second-order valence-corrected chi connectivity index (χ2v) is 3.25. The highest BCUT2D eigenvalue weighted by atomic mass is 35.5. The van der Waals surface area contributed by atoms with Crippen LogP contribution in [0.5, 0.6) is 0 Å². The number of rotatable bonds is 4. The van der Waals surface area contributed by atoms with Crippen molar-refractivity contribution in [3.05, 3.63) is 16.5 Å². The summed E-state index contributed by atoms with van der Waals surface area (Å²) in [6.45, 7) is 2.21. The predicted molar refractivity (Wildman–Crippen MR) is 57.2 cm³/mol. The molecule has 1 rings (SSSR count). The molecule has 0 unspecified atom stereocenters. The van der Waals surface area contributed by atoms with Gasteiger partial charge in [-0.05, 0) is 6.92 Å². The Balaban J connectivity index is 2.64. The van der Waals surface area contributed by atoms with E-state index in [1.165, 1.54) is 6.33 Å². The van der Waals surface area contributed by atoms with Crippen LogP contribution >= 0.6 is 23.2 Å². The summed E-state index contributed by atoms with van der Waals surface area (Å²) in [4.78, 5) is 18.7. The maximum absolute atomic E-state index is 11.2. The standard InChI is InChI=1S/C8H9Cl2N3O2/c1-2-15-3-5(14)13-8-6(9)7(10)11-4-12-8/h4H,2-3H2,1H3,(H,11,12,13,14). The molecule has 82 valence electrons. The minimum absolute atomic E-state index is 0.0472. The second kappa shape index (κ2) is 5.85. The summed E-state index contributed by atoms with van der Waals surface area (Å²) < 4.78 is 4.91. The molecule has 0 bridgehead atoms. The molecule has 1 N–H and O–H groups in total. The van der Waals surface area contributed by atoms with E-state index in [9.17, 15) is 4.79 Å². The smallest absolute Gasteiger partial charge is 0.251 e. The van der Waals surface area contributed by atoms with E-state index in [-0.39, 0.29) is 28.5 Å². The highest BCUT2D eigenvalue weighted by molar-refractivity contribution is 6.42. The van der Waals surface area contributed by atoms with E-state index < -0.39 is 0 Å². The van der Waals surface area contributed by atoms with Crippen LogP contribution in [0, 0.1) is 0 Å². The molecule has 0 spiro atoms. The Kier molecular flexibility index (Phi) is 4.74. The zero-order valence-corrected chi connectivity index (χ0v) is 9.47. The number of carbonyl (C=O) groups is 1. The van der Waals surface area contributed by atoms with Gasteiger partial charge in [0.25, 0.3) is 5.91 Å².